The summed E-state index contributed by atoms with van der Waals surface area (Å²) in [7, 11) is -1.85. The molecule has 0 aromatic carbocycles. The summed E-state index contributed by atoms with van der Waals surface area (Å²) in [5, 5.41) is 5.01. The van der Waals surface area contributed by atoms with Gasteiger partial charge < -0.3 is 5.73 Å². The van der Waals surface area contributed by atoms with Crippen molar-refractivity contribution in [2.75, 3.05) is 6.54 Å². The molecule has 2 heterocycles. The summed E-state index contributed by atoms with van der Waals surface area (Å²) in [5.41, 5.74) is 6.73. The Morgan fingerprint density at radius 3 is 2.73 bits per heavy atom. The van der Waals surface area contributed by atoms with Crippen LogP contribution in [-0.2, 0) is 17.1 Å². The lowest BCUT2D eigenvalue weighted by Crippen LogP contribution is -2.51. The molecule has 7 nitrogen and oxygen atoms in total. The first-order valence-electron chi connectivity index (χ1n) is 7.40. The van der Waals surface area contributed by atoms with Gasteiger partial charge in [-0.05, 0) is 25.8 Å². The quantitative estimate of drug-likeness (QED) is 0.867. The van der Waals surface area contributed by atoms with Crippen LogP contribution in [0.1, 0.15) is 31.4 Å². The lowest BCUT2D eigenvalue weighted by Gasteiger charge is -2.28. The van der Waals surface area contributed by atoms with Crippen LogP contribution < -0.4 is 10.5 Å². The van der Waals surface area contributed by atoms with Gasteiger partial charge in [-0.2, -0.15) is 5.10 Å². The van der Waals surface area contributed by atoms with Crippen LogP contribution in [0.3, 0.4) is 0 Å². The molecular formula is C14H21N5O2S. The van der Waals surface area contributed by atoms with Crippen LogP contribution in [0.2, 0.25) is 0 Å². The SMILES string of the molecule is Cc1nn(C)c2ncc(S(=O)(=O)NC3(CN)CCCC3)cc12. The van der Waals surface area contributed by atoms with Gasteiger partial charge in [0.2, 0.25) is 10.0 Å². The molecule has 8 heteroatoms. The van der Waals surface area contributed by atoms with Gasteiger partial charge in [0.15, 0.2) is 5.65 Å². The minimum Gasteiger partial charge on any atom is -0.329 e. The summed E-state index contributed by atoms with van der Waals surface area (Å²) >= 11 is 0. The summed E-state index contributed by atoms with van der Waals surface area (Å²) in [6, 6.07) is 1.63. The first kappa shape index (κ1) is 15.4. The minimum absolute atomic E-state index is 0.163. The summed E-state index contributed by atoms with van der Waals surface area (Å²) in [4.78, 5) is 4.40. The zero-order chi connectivity index (χ0) is 16.0. The molecule has 1 aliphatic carbocycles. The van der Waals surface area contributed by atoms with Crippen molar-refractivity contribution in [3.8, 4) is 0 Å². The topological polar surface area (TPSA) is 103 Å². The molecule has 0 saturated heterocycles. The molecule has 0 spiro atoms. The maximum Gasteiger partial charge on any atom is 0.242 e. The van der Waals surface area contributed by atoms with Crippen LogP contribution in [0, 0.1) is 6.92 Å². The molecule has 2 aromatic heterocycles. The molecule has 0 atom stereocenters. The van der Waals surface area contributed by atoms with Crippen LogP contribution in [0.25, 0.3) is 11.0 Å². The molecule has 3 N–H and O–H groups in total. The Bertz CT molecular complexity index is 806. The number of aromatic nitrogens is 3. The molecule has 1 fully saturated rings. The Hall–Kier alpha value is -1.51. The predicted molar refractivity (Wildman–Crippen MR) is 83.8 cm³/mol. The van der Waals surface area contributed by atoms with Gasteiger partial charge in [-0.3, -0.25) is 4.68 Å². The Kier molecular flexibility index (Phi) is 3.70. The summed E-state index contributed by atoms with van der Waals surface area (Å²) in [6.45, 7) is 2.15. The second kappa shape index (κ2) is 5.29. The maximum absolute atomic E-state index is 12.7. The van der Waals surface area contributed by atoms with Crippen molar-refractivity contribution in [1.29, 1.82) is 0 Å². The number of sulfonamides is 1. The molecule has 0 unspecified atom stereocenters. The number of nitrogens with zero attached hydrogens (tertiary/aromatic N) is 3. The van der Waals surface area contributed by atoms with E-state index in [1.54, 1.807) is 17.8 Å². The monoisotopic (exact) mass is 323 g/mol. The van der Waals surface area contributed by atoms with Crippen molar-refractivity contribution in [1.82, 2.24) is 19.5 Å². The number of aryl methyl sites for hydroxylation is 2. The Morgan fingerprint density at radius 2 is 2.09 bits per heavy atom. The van der Waals surface area contributed by atoms with Crippen molar-refractivity contribution in [2.24, 2.45) is 12.8 Å². The van der Waals surface area contributed by atoms with Crippen LogP contribution >= 0.6 is 0 Å². The molecule has 1 saturated carbocycles. The van der Waals surface area contributed by atoms with Gasteiger partial charge in [0.05, 0.1) is 5.69 Å². The third-order valence-corrected chi connectivity index (χ3v) is 6.00. The molecule has 120 valence electrons. The average molecular weight is 323 g/mol. The molecule has 0 amide bonds. The minimum atomic E-state index is -3.64. The van der Waals surface area contributed by atoms with E-state index in [4.69, 9.17) is 5.73 Å². The average Bonchev–Trinajstić information content (AvgIpc) is 3.05. The predicted octanol–water partition coefficient (Wildman–Crippen LogP) is 0.827. The van der Waals surface area contributed by atoms with Crippen LogP contribution in [0.15, 0.2) is 17.2 Å². The molecular weight excluding hydrogens is 302 g/mol. The van der Waals surface area contributed by atoms with Gasteiger partial charge in [-0.25, -0.2) is 18.1 Å². The summed E-state index contributed by atoms with van der Waals surface area (Å²) in [6.07, 6.45) is 4.94. The zero-order valence-electron chi connectivity index (χ0n) is 12.8. The third kappa shape index (κ3) is 2.51. The number of pyridine rings is 1. The Morgan fingerprint density at radius 1 is 1.41 bits per heavy atom. The molecule has 3 rings (SSSR count). The van der Waals surface area contributed by atoms with Crippen LogP contribution in [0.5, 0.6) is 0 Å². The van der Waals surface area contributed by atoms with Crippen molar-refractivity contribution in [2.45, 2.75) is 43.0 Å². The smallest absolute Gasteiger partial charge is 0.242 e. The number of fused-ring (bicyclic) bond motifs is 1. The lowest BCUT2D eigenvalue weighted by atomic mass is 10.0. The summed E-state index contributed by atoms with van der Waals surface area (Å²) in [5.74, 6) is 0. The molecule has 0 bridgehead atoms. The van der Waals surface area contributed by atoms with Crippen LogP contribution in [0.4, 0.5) is 0 Å². The molecule has 0 aliphatic heterocycles. The van der Waals surface area contributed by atoms with Crippen molar-refractivity contribution < 1.29 is 8.42 Å². The molecule has 0 radical (unpaired) electrons. The zero-order valence-corrected chi connectivity index (χ0v) is 13.7. The van der Waals surface area contributed by atoms with Crippen molar-refractivity contribution >= 4 is 21.1 Å². The van der Waals surface area contributed by atoms with E-state index in [9.17, 15) is 8.42 Å². The first-order chi connectivity index (χ1) is 10.4. The largest absolute Gasteiger partial charge is 0.329 e. The van der Waals surface area contributed by atoms with E-state index in [1.165, 1.54) is 6.20 Å². The highest BCUT2D eigenvalue weighted by atomic mass is 32.2. The lowest BCUT2D eigenvalue weighted by molar-refractivity contribution is 0.399. The first-order valence-corrected chi connectivity index (χ1v) is 8.89. The molecule has 1 aliphatic rings. The number of nitrogens with two attached hydrogens (primary N) is 1. The second-order valence-corrected chi connectivity index (χ2v) is 7.73. The standard InChI is InChI=1S/C14H21N5O2S/c1-10-12-7-11(8-16-13(12)19(2)17-10)22(20,21)18-14(9-15)5-3-4-6-14/h7-8,18H,3-6,9,15H2,1-2H3. The van der Waals surface area contributed by atoms with E-state index in [-0.39, 0.29) is 4.90 Å². The summed E-state index contributed by atoms with van der Waals surface area (Å²) < 4.78 is 29.8. The molecule has 22 heavy (non-hydrogen) atoms. The third-order valence-electron chi connectivity index (χ3n) is 4.45. The Labute approximate surface area is 130 Å². The van der Waals surface area contributed by atoms with Gasteiger partial charge in [0.1, 0.15) is 4.90 Å². The van der Waals surface area contributed by atoms with E-state index in [2.05, 4.69) is 14.8 Å². The fourth-order valence-corrected chi connectivity index (χ4v) is 4.62. The van der Waals surface area contributed by atoms with Crippen molar-refractivity contribution in [3.63, 3.8) is 0 Å². The van der Waals surface area contributed by atoms with Gasteiger partial charge in [0, 0.05) is 30.7 Å². The highest BCUT2D eigenvalue weighted by molar-refractivity contribution is 7.89. The van der Waals surface area contributed by atoms with Gasteiger partial charge in [-0.1, -0.05) is 12.8 Å². The van der Waals surface area contributed by atoms with Crippen molar-refractivity contribution in [3.05, 3.63) is 18.0 Å². The number of hydrogen-bond acceptors (Lipinski definition) is 5. The van der Waals surface area contributed by atoms with E-state index in [0.29, 0.717) is 12.2 Å². The van der Waals surface area contributed by atoms with Gasteiger partial charge in [-0.15, -0.1) is 0 Å². The maximum atomic E-state index is 12.7. The number of rotatable bonds is 4. The highest BCUT2D eigenvalue weighted by Crippen LogP contribution is 2.30. The Balaban J connectivity index is 2.00. The van der Waals surface area contributed by atoms with Gasteiger partial charge >= 0.3 is 0 Å². The highest BCUT2D eigenvalue weighted by Gasteiger charge is 2.37. The van der Waals surface area contributed by atoms with E-state index >= 15 is 0 Å². The van der Waals surface area contributed by atoms with E-state index < -0.39 is 15.6 Å². The van der Waals surface area contributed by atoms with E-state index in [0.717, 1.165) is 36.8 Å². The number of hydrogen-bond donors (Lipinski definition) is 2. The number of nitrogens with one attached hydrogen (secondary N) is 1. The normalized spacial score (nSPS) is 18.1. The van der Waals surface area contributed by atoms with Gasteiger partial charge in [0.25, 0.3) is 0 Å². The fourth-order valence-electron chi connectivity index (χ4n) is 3.18. The molecule has 2 aromatic rings. The van der Waals surface area contributed by atoms with Crippen LogP contribution in [-0.4, -0.2) is 35.3 Å². The van der Waals surface area contributed by atoms with E-state index in [1.807, 2.05) is 6.92 Å². The second-order valence-electron chi connectivity index (χ2n) is 6.05. The fraction of sp³-hybridized carbons (Fsp3) is 0.571.